The highest BCUT2D eigenvalue weighted by atomic mass is 16.5. The Hall–Kier alpha value is -4.22. The van der Waals surface area contributed by atoms with Crippen molar-refractivity contribution < 1.29 is 19.1 Å². The summed E-state index contributed by atoms with van der Waals surface area (Å²) in [6.07, 6.45) is 66.2. The second-order valence-corrected chi connectivity index (χ2v) is 14.5. The van der Waals surface area contributed by atoms with Crippen LogP contribution in [0.2, 0.25) is 0 Å². The molecule has 0 aliphatic carbocycles. The van der Waals surface area contributed by atoms with Crippen molar-refractivity contribution in [3.8, 4) is 0 Å². The van der Waals surface area contributed by atoms with E-state index in [0.29, 0.717) is 31.7 Å². The Morgan fingerprint density at radius 3 is 0.950 bits per heavy atom. The van der Waals surface area contributed by atoms with Crippen molar-refractivity contribution in [2.45, 2.75) is 171 Å². The van der Waals surface area contributed by atoms with Gasteiger partial charge in [0.2, 0.25) is 0 Å². The van der Waals surface area contributed by atoms with Gasteiger partial charge in [-0.15, -0.1) is 0 Å². The molecule has 0 spiro atoms. The van der Waals surface area contributed by atoms with E-state index >= 15 is 0 Å². The second-order valence-electron chi connectivity index (χ2n) is 14.5. The Morgan fingerprint density at radius 1 is 0.400 bits per heavy atom. The third kappa shape index (κ3) is 58.1. The summed E-state index contributed by atoms with van der Waals surface area (Å²) < 4.78 is 9.86. The first-order valence-corrected chi connectivity index (χ1v) is 23.0. The molecule has 0 bridgehead atoms. The van der Waals surface area contributed by atoms with Gasteiger partial charge in [-0.25, -0.2) is 0 Å². The highest BCUT2D eigenvalue weighted by molar-refractivity contribution is 5.72. The van der Waals surface area contributed by atoms with Crippen LogP contribution in [-0.4, -0.2) is 37.2 Å². The van der Waals surface area contributed by atoms with Gasteiger partial charge < -0.3 is 14.8 Å². The van der Waals surface area contributed by atoms with Crippen LogP contribution >= 0.6 is 0 Å². The molecule has 0 heterocycles. The number of allylic oxidation sites excluding steroid dienone is 24. The molecule has 1 N–H and O–H groups in total. The molecular weight excluding hydrogens is 739 g/mol. The molecule has 0 amide bonds. The largest absolute Gasteiger partial charge is 0.466 e. The van der Waals surface area contributed by atoms with Crippen molar-refractivity contribution >= 4 is 11.9 Å². The van der Waals surface area contributed by atoms with Gasteiger partial charge in [-0.3, -0.25) is 9.59 Å². The fourth-order valence-corrected chi connectivity index (χ4v) is 4.94. The van der Waals surface area contributed by atoms with Gasteiger partial charge in [0.25, 0.3) is 0 Å². The smallest absolute Gasteiger partial charge is 0.308 e. The molecule has 0 saturated heterocycles. The zero-order valence-corrected chi connectivity index (χ0v) is 39.7. The van der Waals surface area contributed by atoms with Gasteiger partial charge in [0.1, 0.15) is 0 Å². The number of esters is 2. The summed E-state index contributed by atoms with van der Waals surface area (Å²) in [7, 11) is 0. The van der Waals surface area contributed by atoms with Crippen molar-refractivity contribution in [3.63, 3.8) is 0 Å². The van der Waals surface area contributed by atoms with Crippen LogP contribution < -0.4 is 5.32 Å². The molecule has 338 valence electrons. The van der Waals surface area contributed by atoms with Crippen LogP contribution in [-0.2, 0) is 19.1 Å². The predicted molar refractivity (Wildman–Crippen MR) is 266 cm³/mol. The van der Waals surface area contributed by atoms with E-state index < -0.39 is 0 Å². The van der Waals surface area contributed by atoms with Crippen molar-refractivity contribution in [1.82, 2.24) is 5.32 Å². The van der Waals surface area contributed by atoms with Crippen LogP contribution in [0, 0.1) is 5.92 Å². The van der Waals surface area contributed by atoms with Gasteiger partial charge in [-0.1, -0.05) is 194 Å². The molecule has 0 aromatic heterocycles. The van der Waals surface area contributed by atoms with Crippen LogP contribution in [0.15, 0.2) is 146 Å². The van der Waals surface area contributed by atoms with E-state index in [1.54, 1.807) is 0 Å². The summed E-state index contributed by atoms with van der Waals surface area (Å²) in [5, 5.41) is 3.31. The third-order valence-corrected chi connectivity index (χ3v) is 7.86. The Labute approximate surface area is 370 Å². The van der Waals surface area contributed by atoms with Crippen LogP contribution in [0.1, 0.15) is 159 Å². The normalized spacial score (nSPS) is 13.2. The molecule has 0 aliphatic rings. The van der Waals surface area contributed by atoms with Crippen molar-refractivity contribution in [2.24, 2.45) is 5.92 Å². The summed E-state index contributed by atoms with van der Waals surface area (Å²) in [5.74, 6) is -0.293. The number of carbonyl (C=O) groups excluding carboxylic acids is 2. The molecule has 0 fully saturated rings. The van der Waals surface area contributed by atoms with Crippen molar-refractivity contribution in [3.05, 3.63) is 146 Å². The Kier molecular flexibility index (Phi) is 52.9. The lowest BCUT2D eigenvalue weighted by Crippen LogP contribution is -2.29. The standard InChI is InChI=1S/C25H38O2.C24H36O2.C6H15N/c1-4-6-7-8-9-10-11-12-13-14-15-16-17-18-19-20-21-22-23-24(3)25(26)27-5-2;1-3-5-6-7-8-9-10-11-12-13-14-15-16-17-18-19-20-21-22-23-24(25)26-4-2;1-5(2)7-6(3)4/h6-7,9-10,12-13,15-16,18-19,21-22,24H,4-5,8,11,14,17,20,23H2,1-3H3;5-6,8-9,11-12,14-15,17-18,20-21H,3-4,7,10,13,16,19,22-23H2,1-2H3;5-7H,1-4H3/b7-6-,10-9-,13-12-,16-15-,19-18-,22-21-;6-5-,9-8-,12-11-,15-14-,18-17-,21-20-;. The van der Waals surface area contributed by atoms with E-state index in [0.717, 1.165) is 89.9 Å². The first kappa shape index (κ1) is 60.1. The number of hydrogen-bond acceptors (Lipinski definition) is 5. The second kappa shape index (κ2) is 52.8. The van der Waals surface area contributed by atoms with Gasteiger partial charge in [-0.05, 0) is 104 Å². The lowest BCUT2D eigenvalue weighted by atomic mass is 10.1. The maximum atomic E-state index is 11.5. The van der Waals surface area contributed by atoms with Gasteiger partial charge in [0.05, 0.1) is 19.1 Å². The molecule has 0 saturated carbocycles. The molecule has 1 unspecified atom stereocenters. The topological polar surface area (TPSA) is 64.6 Å². The summed E-state index contributed by atoms with van der Waals surface area (Å²) in [6.45, 7) is 19.4. The van der Waals surface area contributed by atoms with Crippen molar-refractivity contribution in [1.29, 1.82) is 0 Å². The minimum atomic E-state index is -0.118. The molecule has 5 heteroatoms. The van der Waals surface area contributed by atoms with E-state index in [4.69, 9.17) is 9.47 Å². The summed E-state index contributed by atoms with van der Waals surface area (Å²) >= 11 is 0. The van der Waals surface area contributed by atoms with Gasteiger partial charge in [0.15, 0.2) is 0 Å². The zero-order chi connectivity index (χ0) is 45.0. The SMILES string of the molecule is CC(C)NC(C)C.CC/C=C\C/C=C\C/C=C\C/C=C\C/C=C\C/C=C\CC(C)C(=O)OCC.CC/C=C\C/C=C\C/C=C\C/C=C\C/C=C\C/C=C\CCC(=O)OCC. The summed E-state index contributed by atoms with van der Waals surface area (Å²) in [6, 6.07) is 1.25. The highest BCUT2D eigenvalue weighted by Gasteiger charge is 2.11. The lowest BCUT2D eigenvalue weighted by molar-refractivity contribution is -0.147. The molecule has 0 aromatic rings. The lowest BCUT2D eigenvalue weighted by Gasteiger charge is -2.10. The number of ether oxygens (including phenoxy) is 2. The number of nitrogens with one attached hydrogen (secondary N) is 1. The average Bonchev–Trinajstić information content (AvgIpc) is 3.21. The maximum absolute atomic E-state index is 11.5. The number of hydrogen-bond donors (Lipinski definition) is 1. The average molecular weight is 828 g/mol. The molecular formula is C55H89NO4. The summed E-state index contributed by atoms with van der Waals surface area (Å²) in [5.41, 5.74) is 0. The van der Waals surface area contributed by atoms with E-state index in [1.165, 1.54) is 0 Å². The van der Waals surface area contributed by atoms with Gasteiger partial charge in [-0.2, -0.15) is 0 Å². The van der Waals surface area contributed by atoms with Crippen molar-refractivity contribution in [2.75, 3.05) is 13.2 Å². The predicted octanol–water partition coefficient (Wildman–Crippen LogP) is 15.7. The van der Waals surface area contributed by atoms with Crippen LogP contribution in [0.25, 0.3) is 0 Å². The first-order valence-electron chi connectivity index (χ1n) is 23.0. The first-order chi connectivity index (χ1) is 29.2. The Bertz CT molecular complexity index is 1310. The fraction of sp³-hybridized carbons (Fsp3) is 0.527. The molecule has 0 aliphatic heterocycles. The van der Waals surface area contributed by atoms with Crippen LogP contribution in [0.3, 0.4) is 0 Å². The maximum Gasteiger partial charge on any atom is 0.308 e. The van der Waals surface area contributed by atoms with Crippen LogP contribution in [0.4, 0.5) is 0 Å². The monoisotopic (exact) mass is 828 g/mol. The van der Waals surface area contributed by atoms with E-state index in [-0.39, 0.29) is 17.9 Å². The molecule has 0 aromatic carbocycles. The Morgan fingerprint density at radius 2 is 0.683 bits per heavy atom. The molecule has 0 rings (SSSR count). The summed E-state index contributed by atoms with van der Waals surface area (Å²) in [4.78, 5) is 22.6. The van der Waals surface area contributed by atoms with E-state index in [1.807, 2.05) is 26.8 Å². The zero-order valence-electron chi connectivity index (χ0n) is 39.7. The van der Waals surface area contributed by atoms with E-state index in [2.05, 4.69) is 187 Å². The third-order valence-electron chi connectivity index (χ3n) is 7.86. The Balaban J connectivity index is -0.000000933. The fourth-order valence-electron chi connectivity index (χ4n) is 4.94. The van der Waals surface area contributed by atoms with Gasteiger partial charge >= 0.3 is 11.9 Å². The van der Waals surface area contributed by atoms with Gasteiger partial charge in [0, 0.05) is 18.5 Å². The molecule has 60 heavy (non-hydrogen) atoms. The highest BCUT2D eigenvalue weighted by Crippen LogP contribution is 2.06. The minimum Gasteiger partial charge on any atom is -0.466 e. The molecule has 0 radical (unpaired) electrons. The molecule has 5 nitrogen and oxygen atoms in total. The molecule has 1 atom stereocenters. The quantitative estimate of drug-likeness (QED) is 0.0540. The number of rotatable bonds is 32. The van der Waals surface area contributed by atoms with Crippen LogP contribution in [0.5, 0.6) is 0 Å². The van der Waals surface area contributed by atoms with E-state index in [9.17, 15) is 9.59 Å². The number of carbonyl (C=O) groups is 2. The minimum absolute atomic E-state index is 0.0606.